The first-order chi connectivity index (χ1) is 12.7. The van der Waals surface area contributed by atoms with Crippen LogP contribution in [0.25, 0.3) is 11.1 Å². The molecule has 3 rings (SSSR count). The molecule has 0 fully saturated rings. The highest BCUT2D eigenvalue weighted by Crippen LogP contribution is 2.46. The van der Waals surface area contributed by atoms with Crippen molar-refractivity contribution in [1.29, 1.82) is 0 Å². The summed E-state index contributed by atoms with van der Waals surface area (Å²) in [6.07, 6.45) is 0. The first-order valence-electron chi connectivity index (χ1n) is 8.51. The van der Waals surface area contributed by atoms with Crippen molar-refractivity contribution in [3.05, 3.63) is 59.7 Å². The summed E-state index contributed by atoms with van der Waals surface area (Å²) in [5, 5.41) is -2.88. The van der Waals surface area contributed by atoms with Crippen LogP contribution in [0.4, 0.5) is 0 Å². The maximum absolute atomic E-state index is 13.7. The van der Waals surface area contributed by atoms with Gasteiger partial charge in [-0.3, -0.25) is 9.59 Å². The van der Waals surface area contributed by atoms with Crippen LogP contribution in [0.2, 0.25) is 0 Å². The van der Waals surface area contributed by atoms with Crippen LogP contribution < -0.4 is 0 Å². The van der Waals surface area contributed by atoms with E-state index in [1.807, 2.05) is 0 Å². The van der Waals surface area contributed by atoms with Gasteiger partial charge in [0.1, 0.15) is 0 Å². The van der Waals surface area contributed by atoms with E-state index < -0.39 is 32.2 Å². The Hall–Kier alpha value is -2.67. The second kappa shape index (κ2) is 6.81. The van der Waals surface area contributed by atoms with Crippen LogP contribution in [0.1, 0.15) is 21.6 Å². The predicted molar refractivity (Wildman–Crippen MR) is 104 cm³/mol. The van der Waals surface area contributed by atoms with Crippen LogP contribution >= 0.6 is 0 Å². The second-order valence-corrected chi connectivity index (χ2v) is 9.11. The first kappa shape index (κ1) is 19.1. The molecular formula is C20H22N2O4S. The van der Waals surface area contributed by atoms with Crippen molar-refractivity contribution in [2.24, 2.45) is 0 Å². The van der Waals surface area contributed by atoms with E-state index in [0.29, 0.717) is 22.3 Å². The van der Waals surface area contributed by atoms with Gasteiger partial charge >= 0.3 is 0 Å². The third kappa shape index (κ3) is 3.02. The Bertz CT molecular complexity index is 937. The Morgan fingerprint density at radius 1 is 0.704 bits per heavy atom. The van der Waals surface area contributed by atoms with E-state index in [4.69, 9.17) is 0 Å². The minimum Gasteiger partial charge on any atom is -0.347 e. The number of likely N-dealkylation sites (N-methyl/N-ethyl adjacent to an activating group) is 2. The molecule has 0 aliphatic carbocycles. The van der Waals surface area contributed by atoms with Gasteiger partial charge in [0.2, 0.25) is 11.8 Å². The Morgan fingerprint density at radius 3 is 1.37 bits per heavy atom. The fourth-order valence-corrected chi connectivity index (χ4v) is 5.82. The number of hydrogen-bond acceptors (Lipinski definition) is 4. The molecule has 142 valence electrons. The topological polar surface area (TPSA) is 74.8 Å². The van der Waals surface area contributed by atoms with Gasteiger partial charge in [-0.15, -0.1) is 0 Å². The molecule has 0 N–H and O–H groups in total. The molecule has 0 spiro atoms. The summed E-state index contributed by atoms with van der Waals surface area (Å²) in [4.78, 5) is 28.4. The zero-order chi connectivity index (χ0) is 19.9. The molecule has 0 bridgehead atoms. The van der Waals surface area contributed by atoms with Gasteiger partial charge in [-0.2, -0.15) is 0 Å². The van der Waals surface area contributed by atoms with Crippen molar-refractivity contribution >= 4 is 21.7 Å². The van der Waals surface area contributed by atoms with Crippen molar-refractivity contribution in [3.8, 4) is 11.1 Å². The molecule has 1 aliphatic heterocycles. The molecule has 0 saturated carbocycles. The van der Waals surface area contributed by atoms with Crippen LogP contribution in [0.15, 0.2) is 48.5 Å². The number of carbonyl (C=O) groups excluding carboxylic acids is 2. The highest BCUT2D eigenvalue weighted by molar-refractivity contribution is 7.93. The SMILES string of the molecule is CN(C)C(=O)[C@H]1c2ccccc2-c2ccccc2[C@H](C(=O)N(C)C)S1(=O)=O. The molecule has 1 aliphatic rings. The predicted octanol–water partition coefficient (Wildman–Crippen LogP) is 2.04. The van der Waals surface area contributed by atoms with Gasteiger partial charge in [-0.05, 0) is 22.3 Å². The van der Waals surface area contributed by atoms with Crippen LogP contribution in [0.5, 0.6) is 0 Å². The largest absolute Gasteiger partial charge is 0.347 e. The standard InChI is InChI=1S/C20H22N2O4S/c1-21(2)19(23)17-15-11-7-5-9-13(15)14-10-6-8-12-16(14)18(27(17,25)26)20(24)22(3)4/h5-12,17-18H,1-4H3/t17-,18-/m1/s1. The second-order valence-electron chi connectivity index (χ2n) is 6.99. The minimum absolute atomic E-state index is 0.401. The third-order valence-corrected chi connectivity index (χ3v) is 6.99. The number of rotatable bonds is 2. The molecule has 6 nitrogen and oxygen atoms in total. The molecule has 0 radical (unpaired) electrons. The van der Waals surface area contributed by atoms with Gasteiger partial charge in [-0.1, -0.05) is 48.5 Å². The summed E-state index contributed by atoms with van der Waals surface area (Å²) < 4.78 is 27.3. The fourth-order valence-electron chi connectivity index (χ4n) is 3.45. The number of amides is 2. The lowest BCUT2D eigenvalue weighted by atomic mass is 9.92. The lowest BCUT2D eigenvalue weighted by Crippen LogP contribution is -2.39. The Kier molecular flexibility index (Phi) is 4.82. The van der Waals surface area contributed by atoms with Crippen LogP contribution in [0.3, 0.4) is 0 Å². The van der Waals surface area contributed by atoms with Gasteiger partial charge in [0, 0.05) is 28.2 Å². The van der Waals surface area contributed by atoms with Crippen molar-refractivity contribution in [1.82, 2.24) is 9.80 Å². The van der Waals surface area contributed by atoms with E-state index in [-0.39, 0.29) is 0 Å². The molecule has 2 aromatic carbocycles. The quantitative estimate of drug-likeness (QED) is 0.792. The number of sulfone groups is 1. The lowest BCUT2D eigenvalue weighted by Gasteiger charge is -2.26. The van der Waals surface area contributed by atoms with E-state index in [9.17, 15) is 18.0 Å². The van der Waals surface area contributed by atoms with Crippen LogP contribution in [0, 0.1) is 0 Å². The van der Waals surface area contributed by atoms with E-state index in [1.165, 1.54) is 38.0 Å². The fraction of sp³-hybridized carbons (Fsp3) is 0.300. The van der Waals surface area contributed by atoms with Crippen molar-refractivity contribution < 1.29 is 18.0 Å². The van der Waals surface area contributed by atoms with Gasteiger partial charge in [0.05, 0.1) is 0 Å². The van der Waals surface area contributed by atoms with E-state index in [0.717, 1.165) is 0 Å². The third-order valence-electron chi connectivity index (χ3n) is 4.76. The zero-order valence-electron chi connectivity index (χ0n) is 15.7. The average molecular weight is 386 g/mol. The molecule has 0 unspecified atom stereocenters. The molecule has 0 aromatic heterocycles. The molecule has 2 aromatic rings. The van der Waals surface area contributed by atoms with Gasteiger partial charge in [0.25, 0.3) is 0 Å². The van der Waals surface area contributed by atoms with Crippen molar-refractivity contribution in [2.45, 2.75) is 10.5 Å². The number of nitrogens with zero attached hydrogens (tertiary/aromatic N) is 2. The van der Waals surface area contributed by atoms with E-state index in [1.54, 1.807) is 48.5 Å². The van der Waals surface area contributed by atoms with Gasteiger partial charge < -0.3 is 9.80 Å². The molecule has 2 amide bonds. The van der Waals surface area contributed by atoms with Gasteiger partial charge in [-0.25, -0.2) is 8.42 Å². The van der Waals surface area contributed by atoms with Gasteiger partial charge in [0.15, 0.2) is 20.3 Å². The number of fused-ring (bicyclic) bond motifs is 3. The molecular weight excluding hydrogens is 364 g/mol. The van der Waals surface area contributed by atoms with Crippen LogP contribution in [-0.2, 0) is 19.4 Å². The normalized spacial score (nSPS) is 20.0. The molecule has 0 saturated heterocycles. The smallest absolute Gasteiger partial charge is 0.245 e. The molecule has 27 heavy (non-hydrogen) atoms. The van der Waals surface area contributed by atoms with Crippen LogP contribution in [-0.4, -0.2) is 58.2 Å². The Morgan fingerprint density at radius 2 is 1.04 bits per heavy atom. The zero-order valence-corrected chi connectivity index (χ0v) is 16.5. The molecule has 1 heterocycles. The highest BCUT2D eigenvalue weighted by atomic mass is 32.2. The Balaban J connectivity index is 2.43. The maximum atomic E-state index is 13.7. The average Bonchev–Trinajstić information content (AvgIpc) is 2.70. The molecule has 2 atom stereocenters. The minimum atomic E-state index is -4.20. The summed E-state index contributed by atoms with van der Waals surface area (Å²) in [7, 11) is 1.86. The summed E-state index contributed by atoms with van der Waals surface area (Å²) in [5.74, 6) is -1.13. The summed E-state index contributed by atoms with van der Waals surface area (Å²) >= 11 is 0. The highest BCUT2D eigenvalue weighted by Gasteiger charge is 2.49. The first-order valence-corrected chi connectivity index (χ1v) is 10.1. The number of hydrogen-bond donors (Lipinski definition) is 0. The Labute approximate surface area is 159 Å². The summed E-state index contributed by atoms with van der Waals surface area (Å²) in [5.41, 5.74) is 2.12. The van der Waals surface area contributed by atoms with E-state index >= 15 is 0 Å². The lowest BCUT2D eigenvalue weighted by molar-refractivity contribution is -0.128. The summed E-state index contributed by atoms with van der Waals surface area (Å²) in [6, 6.07) is 13.9. The monoisotopic (exact) mass is 386 g/mol. The van der Waals surface area contributed by atoms with E-state index in [2.05, 4.69) is 0 Å². The molecule has 7 heteroatoms. The van der Waals surface area contributed by atoms with Crippen molar-refractivity contribution in [3.63, 3.8) is 0 Å². The maximum Gasteiger partial charge on any atom is 0.245 e. The van der Waals surface area contributed by atoms with Crippen molar-refractivity contribution in [2.75, 3.05) is 28.2 Å². The number of benzene rings is 2. The number of carbonyl (C=O) groups is 2. The summed E-state index contributed by atoms with van der Waals surface area (Å²) in [6.45, 7) is 0.